The first-order valence-electron chi connectivity index (χ1n) is 10.9. The molecule has 0 N–H and O–H groups in total. The largest absolute Gasteiger partial charge is 0.133 e. The maximum atomic E-state index is 2.52. The normalized spacial score (nSPS) is 31.0. The van der Waals surface area contributed by atoms with Crippen molar-refractivity contribution in [1.29, 1.82) is 0 Å². The predicted molar refractivity (Wildman–Crippen MR) is 113 cm³/mol. The molecule has 3 rings (SSSR count). The zero-order valence-corrected chi connectivity index (χ0v) is 16.8. The molecule has 1 aromatic rings. The predicted octanol–water partition coefficient (Wildman–Crippen LogP) is 6.26. The molecule has 2 aliphatic carbocycles. The van der Waals surface area contributed by atoms with Crippen molar-refractivity contribution in [3.63, 3.8) is 0 Å². The Kier molecular flexibility index (Phi) is 6.85. The lowest BCUT2D eigenvalue weighted by atomic mass is 9.68. The summed E-state index contributed by atoms with van der Waals surface area (Å²) in [5.41, 5.74) is 4.62. The molecule has 0 radical (unpaired) electrons. The summed E-state index contributed by atoms with van der Waals surface area (Å²) < 4.78 is 0. The van der Waals surface area contributed by atoms with Crippen LogP contribution in [0.25, 0.3) is 0 Å². The fourth-order valence-corrected chi connectivity index (χ4v) is 5.42. The molecule has 0 atom stereocenters. The molecule has 0 unspecified atom stereocenters. The first-order valence-corrected chi connectivity index (χ1v) is 10.9. The van der Waals surface area contributed by atoms with Crippen molar-refractivity contribution in [2.24, 2.45) is 17.8 Å². The van der Waals surface area contributed by atoms with E-state index < -0.39 is 0 Å². The second-order valence-corrected chi connectivity index (χ2v) is 9.02. The summed E-state index contributed by atoms with van der Waals surface area (Å²) in [5, 5.41) is 0. The third-order valence-corrected chi connectivity index (χ3v) is 6.81. The van der Waals surface area contributed by atoms with Crippen molar-refractivity contribution < 1.29 is 0 Å². The van der Waals surface area contributed by atoms with Gasteiger partial charge in [0.25, 0.3) is 0 Å². The lowest BCUT2D eigenvalue weighted by molar-refractivity contribution is 0.171. The van der Waals surface area contributed by atoms with E-state index in [-0.39, 0.29) is 0 Å². The average Bonchev–Trinajstić information content (AvgIpc) is 2.63. The van der Waals surface area contributed by atoms with E-state index in [1.54, 1.807) is 5.56 Å². The van der Waals surface area contributed by atoms with Crippen molar-refractivity contribution in [1.82, 2.24) is 0 Å². The number of rotatable bonds is 5. The van der Waals surface area contributed by atoms with Gasteiger partial charge in [-0.2, -0.15) is 0 Å². The summed E-state index contributed by atoms with van der Waals surface area (Å²) in [7, 11) is 2.25. The van der Waals surface area contributed by atoms with E-state index in [0.717, 1.165) is 23.7 Å². The fourth-order valence-electron chi connectivity index (χ4n) is 5.42. The molecule has 1 aromatic carbocycles. The number of hydrogen-bond donors (Lipinski definition) is 0. The van der Waals surface area contributed by atoms with E-state index in [4.69, 9.17) is 0 Å². The molecule has 0 spiro atoms. The highest BCUT2D eigenvalue weighted by Gasteiger charge is 2.30. The van der Waals surface area contributed by atoms with Crippen LogP contribution < -0.4 is 0 Å². The van der Waals surface area contributed by atoms with Crippen LogP contribution in [0.2, 0.25) is 0 Å². The quantitative estimate of drug-likeness (QED) is 0.557. The topological polar surface area (TPSA) is 0 Å². The molecule has 0 bridgehead atoms. The molecule has 1 heteroatoms. The minimum absolute atomic E-state index is 0.828. The molecule has 2 saturated carbocycles. The lowest BCUT2D eigenvalue weighted by Gasteiger charge is -2.37. The maximum Gasteiger partial charge on any atom is 0.133 e. The monoisotopic (exact) mass is 336 g/mol. The molecule has 0 nitrogen and oxygen atoms in total. The van der Waals surface area contributed by atoms with Crippen LogP contribution in [-0.2, 0) is 6.42 Å². The van der Waals surface area contributed by atoms with Gasteiger partial charge in [0.05, 0.1) is 0 Å². The molecule has 2 aliphatic rings. The van der Waals surface area contributed by atoms with Crippen LogP contribution in [0.3, 0.4) is 0 Å². The molecule has 0 amide bonds. The van der Waals surface area contributed by atoms with Crippen molar-refractivity contribution in [3.8, 4) is 0 Å². The van der Waals surface area contributed by atoms with Crippen LogP contribution in [0.1, 0.15) is 88.7 Å². The summed E-state index contributed by atoms with van der Waals surface area (Å²) in [5.74, 6) is 3.74. The first-order chi connectivity index (χ1) is 12.2. The fraction of sp³-hybridized carbons (Fsp3) is 0.667. The van der Waals surface area contributed by atoms with Crippen molar-refractivity contribution in [2.75, 3.05) is 0 Å². The van der Waals surface area contributed by atoms with Crippen LogP contribution in [0.15, 0.2) is 35.8 Å². The summed E-state index contributed by atoms with van der Waals surface area (Å²) in [6.07, 6.45) is 16.6. The molecule has 0 saturated heterocycles. The van der Waals surface area contributed by atoms with Gasteiger partial charge in [0.2, 0.25) is 0 Å². The van der Waals surface area contributed by atoms with E-state index >= 15 is 0 Å². The Morgan fingerprint density at radius 1 is 0.920 bits per heavy atom. The zero-order chi connectivity index (χ0) is 17.6. The van der Waals surface area contributed by atoms with Crippen LogP contribution in [0, 0.1) is 17.8 Å². The third kappa shape index (κ3) is 5.25. The Balaban J connectivity index is 1.46. The number of aryl methyl sites for hydroxylation is 1. The summed E-state index contributed by atoms with van der Waals surface area (Å²) in [4.78, 5) is 0. The van der Waals surface area contributed by atoms with Gasteiger partial charge in [-0.3, -0.25) is 0 Å². The van der Waals surface area contributed by atoms with Gasteiger partial charge in [-0.1, -0.05) is 50.6 Å². The molecule has 0 aliphatic heterocycles. The Morgan fingerprint density at radius 2 is 1.48 bits per heavy atom. The number of benzene rings is 1. The average molecular weight is 336 g/mol. The summed E-state index contributed by atoms with van der Waals surface area (Å²) >= 11 is 0. The highest BCUT2D eigenvalue weighted by molar-refractivity contribution is 6.21. The number of allylic oxidation sites excluding steroid dienone is 2. The van der Waals surface area contributed by atoms with Gasteiger partial charge in [-0.05, 0) is 92.6 Å². The highest BCUT2D eigenvalue weighted by atomic mass is 14.4. The smallest absolute Gasteiger partial charge is 0.117 e. The van der Waals surface area contributed by atoms with Gasteiger partial charge in [0.1, 0.15) is 7.85 Å². The van der Waals surface area contributed by atoms with Gasteiger partial charge in [0, 0.05) is 0 Å². The standard InChI is InChI=1S/C24H37B/c1-3-4-19-5-9-21(10-6-19)23-13-15-24(16-14-23)22-11-7-20(8-12-22)17-18(2)25/h5-6,9-10,17,20,22-24H,3-4,7-8,11-16,25H2,1-2H3/b18-17+. The van der Waals surface area contributed by atoms with Gasteiger partial charge >= 0.3 is 0 Å². The van der Waals surface area contributed by atoms with E-state index in [0.29, 0.717) is 0 Å². The van der Waals surface area contributed by atoms with Crippen molar-refractivity contribution in [2.45, 2.75) is 84.0 Å². The summed E-state index contributed by atoms with van der Waals surface area (Å²) in [6, 6.07) is 9.58. The minimum atomic E-state index is 0.828. The Labute approximate surface area is 156 Å². The van der Waals surface area contributed by atoms with Gasteiger partial charge in [0.15, 0.2) is 0 Å². The third-order valence-electron chi connectivity index (χ3n) is 6.81. The zero-order valence-electron chi connectivity index (χ0n) is 16.8. The van der Waals surface area contributed by atoms with Crippen molar-refractivity contribution >= 4 is 7.85 Å². The first kappa shape index (κ1) is 18.8. The molecular weight excluding hydrogens is 299 g/mol. The Bertz CT molecular complexity index is 536. The maximum absolute atomic E-state index is 2.52. The molecule has 2 fully saturated rings. The SMILES string of the molecule is B/C(C)=C/C1CCC(C2CCC(c3ccc(CCC)cc3)CC2)CC1. The van der Waals surface area contributed by atoms with Crippen molar-refractivity contribution in [3.05, 3.63) is 46.9 Å². The molecule has 25 heavy (non-hydrogen) atoms. The second-order valence-electron chi connectivity index (χ2n) is 9.02. The second kappa shape index (κ2) is 9.10. The van der Waals surface area contributed by atoms with Crippen LogP contribution in [0.4, 0.5) is 0 Å². The number of hydrogen-bond acceptors (Lipinski definition) is 0. The van der Waals surface area contributed by atoms with E-state index in [9.17, 15) is 0 Å². The lowest BCUT2D eigenvalue weighted by Crippen LogP contribution is -2.25. The van der Waals surface area contributed by atoms with E-state index in [1.807, 2.05) is 0 Å². The summed E-state index contributed by atoms with van der Waals surface area (Å²) in [6.45, 7) is 4.52. The van der Waals surface area contributed by atoms with E-state index in [1.165, 1.54) is 75.2 Å². The molecule has 0 aromatic heterocycles. The van der Waals surface area contributed by atoms with E-state index in [2.05, 4.69) is 52.0 Å². The van der Waals surface area contributed by atoms with Crippen LogP contribution >= 0.6 is 0 Å². The van der Waals surface area contributed by atoms with Crippen LogP contribution in [0.5, 0.6) is 0 Å². The van der Waals surface area contributed by atoms with Gasteiger partial charge in [-0.25, -0.2) is 0 Å². The Hall–Kier alpha value is -0.975. The van der Waals surface area contributed by atoms with Crippen LogP contribution in [-0.4, -0.2) is 7.85 Å². The highest BCUT2D eigenvalue weighted by Crippen LogP contribution is 2.44. The molecule has 136 valence electrons. The van der Waals surface area contributed by atoms with Gasteiger partial charge < -0.3 is 0 Å². The Morgan fingerprint density at radius 3 is 2.00 bits per heavy atom. The van der Waals surface area contributed by atoms with Gasteiger partial charge in [-0.15, -0.1) is 5.47 Å². The molecule has 0 heterocycles. The minimum Gasteiger partial charge on any atom is -0.117 e. The molecular formula is C24H37B.